The van der Waals surface area contributed by atoms with Gasteiger partial charge >= 0.3 is 0 Å². The Hall–Kier alpha value is -3.15. The summed E-state index contributed by atoms with van der Waals surface area (Å²) in [5, 5.41) is 4.20. The van der Waals surface area contributed by atoms with Gasteiger partial charge in [0.2, 0.25) is 5.91 Å². The van der Waals surface area contributed by atoms with Crippen LogP contribution in [0.5, 0.6) is 0 Å². The summed E-state index contributed by atoms with van der Waals surface area (Å²) in [5.74, 6) is 1.32. The van der Waals surface area contributed by atoms with Crippen molar-refractivity contribution in [1.82, 2.24) is 15.0 Å². The van der Waals surface area contributed by atoms with E-state index in [4.69, 9.17) is 4.52 Å². The number of hydrogen-bond acceptors (Lipinski definition) is 5. The molecule has 2 bridgehead atoms. The van der Waals surface area contributed by atoms with Gasteiger partial charge in [0.1, 0.15) is 0 Å². The molecule has 0 radical (unpaired) electrons. The van der Waals surface area contributed by atoms with Crippen LogP contribution in [-0.2, 0) is 11.3 Å². The van der Waals surface area contributed by atoms with Crippen molar-refractivity contribution in [3.05, 3.63) is 66.2 Å². The van der Waals surface area contributed by atoms with E-state index in [1.165, 1.54) is 5.56 Å². The molecule has 1 amide bonds. The minimum atomic E-state index is -0.0128. The van der Waals surface area contributed by atoms with E-state index in [0.717, 1.165) is 24.9 Å². The first-order chi connectivity index (χ1) is 13.8. The van der Waals surface area contributed by atoms with Crippen LogP contribution in [0.1, 0.15) is 18.4 Å². The van der Waals surface area contributed by atoms with Crippen LogP contribution in [0.2, 0.25) is 0 Å². The first-order valence-electron chi connectivity index (χ1n) is 9.76. The molecule has 28 heavy (non-hydrogen) atoms. The van der Waals surface area contributed by atoms with E-state index >= 15 is 0 Å². The number of carbonyl (C=O) groups is 1. The largest absolute Gasteiger partial charge is 0.335 e. The SMILES string of the molecule is O=C1[C@H]2CC[C@H](CN(c3noc(-c4ccccc4)n3)C2)N1Cc1ccccc1. The molecule has 0 spiro atoms. The molecule has 3 saturated heterocycles. The summed E-state index contributed by atoms with van der Waals surface area (Å²) < 4.78 is 5.48. The highest BCUT2D eigenvalue weighted by atomic mass is 16.5. The molecule has 0 N–H and O–H groups in total. The maximum Gasteiger partial charge on any atom is 0.266 e. The maximum absolute atomic E-state index is 13.0. The third kappa shape index (κ3) is 3.15. The van der Waals surface area contributed by atoms with Crippen LogP contribution < -0.4 is 4.90 Å². The van der Waals surface area contributed by atoms with E-state index in [1.54, 1.807) is 0 Å². The second kappa shape index (κ2) is 7.11. The quantitative estimate of drug-likeness (QED) is 0.701. The van der Waals surface area contributed by atoms with Gasteiger partial charge in [-0.25, -0.2) is 0 Å². The van der Waals surface area contributed by atoms with E-state index < -0.39 is 0 Å². The van der Waals surface area contributed by atoms with Crippen molar-refractivity contribution < 1.29 is 9.32 Å². The zero-order chi connectivity index (χ0) is 18.9. The van der Waals surface area contributed by atoms with Gasteiger partial charge in [0, 0.05) is 31.2 Å². The highest BCUT2D eigenvalue weighted by molar-refractivity contribution is 5.81. The van der Waals surface area contributed by atoms with Gasteiger partial charge in [-0.05, 0) is 35.7 Å². The Balaban J connectivity index is 1.38. The van der Waals surface area contributed by atoms with Crippen LogP contribution >= 0.6 is 0 Å². The van der Waals surface area contributed by atoms with Gasteiger partial charge in [-0.2, -0.15) is 4.98 Å². The third-order valence-corrected chi connectivity index (χ3v) is 5.71. The predicted molar refractivity (Wildman–Crippen MR) is 105 cm³/mol. The van der Waals surface area contributed by atoms with Gasteiger partial charge in [-0.1, -0.05) is 48.5 Å². The summed E-state index contributed by atoms with van der Waals surface area (Å²) in [5.41, 5.74) is 2.07. The van der Waals surface area contributed by atoms with Crippen LogP contribution in [-0.4, -0.2) is 40.1 Å². The second-order valence-electron chi connectivity index (χ2n) is 7.55. The number of benzene rings is 2. The molecule has 4 heterocycles. The highest BCUT2D eigenvalue weighted by Gasteiger charge is 2.41. The van der Waals surface area contributed by atoms with E-state index in [1.807, 2.05) is 53.4 Å². The van der Waals surface area contributed by atoms with Crippen LogP contribution in [0.4, 0.5) is 5.95 Å². The molecular weight excluding hydrogens is 352 g/mol. The molecule has 3 aliphatic rings. The highest BCUT2D eigenvalue weighted by Crippen LogP contribution is 2.32. The Labute approximate surface area is 163 Å². The van der Waals surface area contributed by atoms with E-state index in [2.05, 4.69) is 27.2 Å². The molecule has 142 valence electrons. The second-order valence-corrected chi connectivity index (χ2v) is 7.55. The summed E-state index contributed by atoms with van der Waals surface area (Å²) in [6.07, 6.45) is 1.94. The van der Waals surface area contributed by atoms with Crippen LogP contribution in [0.15, 0.2) is 65.2 Å². The van der Waals surface area contributed by atoms with E-state index in [0.29, 0.717) is 24.9 Å². The summed E-state index contributed by atoms with van der Waals surface area (Å²) in [6, 6.07) is 20.1. The fourth-order valence-electron chi connectivity index (χ4n) is 4.23. The number of aromatic nitrogens is 2. The summed E-state index contributed by atoms with van der Waals surface area (Å²) in [4.78, 5) is 21.8. The van der Waals surface area contributed by atoms with Crippen molar-refractivity contribution in [2.75, 3.05) is 18.0 Å². The van der Waals surface area contributed by atoms with E-state index in [-0.39, 0.29) is 17.9 Å². The summed E-state index contributed by atoms with van der Waals surface area (Å²) in [6.45, 7) is 2.05. The van der Waals surface area contributed by atoms with Gasteiger partial charge in [0.15, 0.2) is 0 Å². The van der Waals surface area contributed by atoms with Crippen molar-refractivity contribution in [3.8, 4) is 11.5 Å². The molecule has 3 aromatic rings. The zero-order valence-electron chi connectivity index (χ0n) is 15.6. The monoisotopic (exact) mass is 374 g/mol. The molecule has 6 nitrogen and oxygen atoms in total. The maximum atomic E-state index is 13.0. The Bertz CT molecular complexity index is 957. The third-order valence-electron chi connectivity index (χ3n) is 5.71. The molecule has 2 atom stereocenters. The number of piperidine rings is 1. The minimum absolute atomic E-state index is 0.0128. The lowest BCUT2D eigenvalue weighted by molar-refractivity contribution is -0.140. The lowest BCUT2D eigenvalue weighted by Gasteiger charge is -2.36. The van der Waals surface area contributed by atoms with Crippen molar-refractivity contribution in [3.63, 3.8) is 0 Å². The Morgan fingerprint density at radius 2 is 1.71 bits per heavy atom. The number of rotatable bonds is 4. The van der Waals surface area contributed by atoms with Crippen LogP contribution in [0.3, 0.4) is 0 Å². The molecule has 6 rings (SSSR count). The topological polar surface area (TPSA) is 62.5 Å². The Morgan fingerprint density at radius 3 is 2.50 bits per heavy atom. The standard InChI is InChI=1S/C22H22N4O2/c27-21-18-11-12-19(26(21)13-16-7-3-1-4-8-16)15-25(14-18)22-23-20(28-24-22)17-9-5-2-6-10-17/h1-10,18-19H,11-15H2/t18-,19+/m0/s1. The molecule has 1 aromatic heterocycles. The fraction of sp³-hybridized carbons (Fsp3) is 0.318. The fourth-order valence-corrected chi connectivity index (χ4v) is 4.23. The average molecular weight is 374 g/mol. The Kier molecular flexibility index (Phi) is 4.31. The minimum Gasteiger partial charge on any atom is -0.335 e. The van der Waals surface area contributed by atoms with Crippen molar-refractivity contribution in [2.45, 2.75) is 25.4 Å². The van der Waals surface area contributed by atoms with Crippen LogP contribution in [0.25, 0.3) is 11.5 Å². The molecule has 2 aromatic carbocycles. The van der Waals surface area contributed by atoms with Gasteiger partial charge in [-0.15, -0.1) is 0 Å². The number of carbonyl (C=O) groups excluding carboxylic acids is 1. The van der Waals surface area contributed by atoms with Crippen molar-refractivity contribution in [1.29, 1.82) is 0 Å². The normalized spacial score (nSPS) is 21.8. The molecule has 0 saturated carbocycles. The molecule has 0 aliphatic carbocycles. The first kappa shape index (κ1) is 17.0. The lowest BCUT2D eigenvalue weighted by atomic mass is 9.93. The zero-order valence-corrected chi connectivity index (χ0v) is 15.6. The number of anilines is 1. The smallest absolute Gasteiger partial charge is 0.266 e. The van der Waals surface area contributed by atoms with Gasteiger partial charge in [0.05, 0.1) is 5.92 Å². The lowest BCUT2D eigenvalue weighted by Crippen LogP contribution is -2.47. The van der Waals surface area contributed by atoms with Gasteiger partial charge in [0.25, 0.3) is 11.8 Å². The van der Waals surface area contributed by atoms with Gasteiger partial charge in [-0.3, -0.25) is 4.79 Å². The van der Waals surface area contributed by atoms with Crippen LogP contribution in [0, 0.1) is 5.92 Å². The summed E-state index contributed by atoms with van der Waals surface area (Å²) in [7, 11) is 0. The number of nitrogens with zero attached hydrogens (tertiary/aromatic N) is 4. The molecular formula is C22H22N4O2. The molecule has 6 heteroatoms. The number of hydrogen-bond donors (Lipinski definition) is 0. The average Bonchev–Trinajstić information content (AvgIpc) is 3.08. The predicted octanol–water partition coefficient (Wildman–Crippen LogP) is 3.36. The number of amides is 1. The van der Waals surface area contributed by atoms with Gasteiger partial charge < -0.3 is 14.3 Å². The first-order valence-corrected chi connectivity index (χ1v) is 9.76. The number of fused-ring (bicyclic) bond motifs is 4. The van der Waals surface area contributed by atoms with E-state index in [9.17, 15) is 4.79 Å². The molecule has 0 unspecified atom stereocenters. The Morgan fingerprint density at radius 1 is 0.964 bits per heavy atom. The molecule has 3 aliphatic heterocycles. The molecule has 3 fully saturated rings. The van der Waals surface area contributed by atoms with Crippen molar-refractivity contribution >= 4 is 11.9 Å². The van der Waals surface area contributed by atoms with Crippen molar-refractivity contribution in [2.24, 2.45) is 5.92 Å². The summed E-state index contributed by atoms with van der Waals surface area (Å²) >= 11 is 0.